The van der Waals surface area contributed by atoms with Crippen LogP contribution in [0.2, 0.25) is 0 Å². The Bertz CT molecular complexity index is 777. The summed E-state index contributed by atoms with van der Waals surface area (Å²) in [5, 5.41) is 2.86. The van der Waals surface area contributed by atoms with E-state index in [9.17, 15) is 9.18 Å². The van der Waals surface area contributed by atoms with Gasteiger partial charge in [-0.3, -0.25) is 9.69 Å². The fraction of sp³-hybridized carbons (Fsp3) is 0.409. The lowest BCUT2D eigenvalue weighted by atomic mass is 10.2. The molecule has 7 heteroatoms. The van der Waals surface area contributed by atoms with Crippen LogP contribution in [-0.2, 0) is 4.79 Å². The van der Waals surface area contributed by atoms with Gasteiger partial charge in [0.25, 0.3) is 5.91 Å². The molecular weight excluding hydrogens is 373 g/mol. The number of hydrogen-bond donors (Lipinski definition) is 1. The summed E-state index contributed by atoms with van der Waals surface area (Å²) in [6, 6.07) is 13.7. The van der Waals surface area contributed by atoms with E-state index in [0.717, 1.165) is 50.6 Å². The van der Waals surface area contributed by atoms with Crippen molar-refractivity contribution in [2.75, 3.05) is 57.9 Å². The number of methoxy groups -OCH3 is 1. The second-order valence-electron chi connectivity index (χ2n) is 6.95. The second-order valence-corrected chi connectivity index (χ2v) is 6.95. The maximum Gasteiger partial charge on any atom is 0.257 e. The molecule has 1 amide bonds. The lowest BCUT2D eigenvalue weighted by Gasteiger charge is -2.36. The molecule has 1 saturated heterocycles. The number of hydrogen-bond acceptors (Lipinski definition) is 5. The first kappa shape index (κ1) is 20.9. The molecule has 0 aliphatic carbocycles. The highest BCUT2D eigenvalue weighted by Crippen LogP contribution is 2.28. The Kier molecular flexibility index (Phi) is 7.69. The van der Waals surface area contributed by atoms with Gasteiger partial charge in [0.15, 0.2) is 6.61 Å². The van der Waals surface area contributed by atoms with E-state index in [4.69, 9.17) is 9.47 Å². The summed E-state index contributed by atoms with van der Waals surface area (Å²) >= 11 is 0. The van der Waals surface area contributed by atoms with Crippen LogP contribution in [-0.4, -0.2) is 63.8 Å². The maximum atomic E-state index is 12.8. The smallest absolute Gasteiger partial charge is 0.257 e. The maximum absolute atomic E-state index is 12.8. The third-order valence-electron chi connectivity index (χ3n) is 4.96. The first-order chi connectivity index (χ1) is 14.2. The van der Waals surface area contributed by atoms with Crippen LogP contribution in [0.5, 0.6) is 11.5 Å². The van der Waals surface area contributed by atoms with Gasteiger partial charge in [-0.15, -0.1) is 0 Å². The molecule has 2 aromatic rings. The Labute approximate surface area is 171 Å². The molecule has 3 rings (SSSR count). The van der Waals surface area contributed by atoms with Crippen molar-refractivity contribution in [3.63, 3.8) is 0 Å². The van der Waals surface area contributed by atoms with E-state index in [1.54, 1.807) is 7.11 Å². The molecule has 1 aliphatic heterocycles. The van der Waals surface area contributed by atoms with E-state index < -0.39 is 0 Å². The fourth-order valence-corrected chi connectivity index (χ4v) is 3.36. The van der Waals surface area contributed by atoms with Crippen LogP contribution < -0.4 is 19.7 Å². The monoisotopic (exact) mass is 401 g/mol. The summed E-state index contributed by atoms with van der Waals surface area (Å²) < 4.78 is 23.6. The summed E-state index contributed by atoms with van der Waals surface area (Å²) in [4.78, 5) is 16.6. The van der Waals surface area contributed by atoms with Crippen LogP contribution in [0.3, 0.4) is 0 Å². The number of halogens is 1. The van der Waals surface area contributed by atoms with Crippen molar-refractivity contribution in [3.8, 4) is 11.5 Å². The van der Waals surface area contributed by atoms with Crippen molar-refractivity contribution in [2.24, 2.45) is 0 Å². The molecule has 156 valence electrons. The highest BCUT2D eigenvalue weighted by Gasteiger charge is 2.19. The lowest BCUT2D eigenvalue weighted by Crippen LogP contribution is -2.47. The average molecular weight is 401 g/mol. The van der Waals surface area contributed by atoms with Gasteiger partial charge in [0.1, 0.15) is 17.3 Å². The van der Waals surface area contributed by atoms with Crippen molar-refractivity contribution < 1.29 is 18.7 Å². The number of rotatable bonds is 9. The number of amides is 1. The Morgan fingerprint density at radius 2 is 1.79 bits per heavy atom. The topological polar surface area (TPSA) is 54.0 Å². The Hall–Kier alpha value is -2.80. The van der Waals surface area contributed by atoms with Crippen LogP contribution in [0.4, 0.5) is 10.1 Å². The summed E-state index contributed by atoms with van der Waals surface area (Å²) in [5.41, 5.74) is 1.14. The summed E-state index contributed by atoms with van der Waals surface area (Å²) in [5.74, 6) is 0.891. The average Bonchev–Trinajstić information content (AvgIpc) is 2.77. The number of nitrogens with zero attached hydrogens (tertiary/aromatic N) is 2. The minimum atomic E-state index is -0.328. The van der Waals surface area contributed by atoms with Gasteiger partial charge in [-0.2, -0.15) is 0 Å². The third kappa shape index (κ3) is 6.35. The zero-order valence-electron chi connectivity index (χ0n) is 16.8. The Morgan fingerprint density at radius 3 is 2.52 bits per heavy atom. The predicted molar refractivity (Wildman–Crippen MR) is 111 cm³/mol. The van der Waals surface area contributed by atoms with Gasteiger partial charge in [-0.05, 0) is 49.4 Å². The zero-order chi connectivity index (χ0) is 20.5. The summed E-state index contributed by atoms with van der Waals surface area (Å²) in [6.07, 6.45) is 0.886. The lowest BCUT2D eigenvalue weighted by molar-refractivity contribution is -0.123. The fourth-order valence-electron chi connectivity index (χ4n) is 3.36. The highest BCUT2D eigenvalue weighted by molar-refractivity contribution is 5.77. The number of benzene rings is 2. The molecule has 1 heterocycles. The molecule has 0 atom stereocenters. The van der Waals surface area contributed by atoms with Gasteiger partial charge < -0.3 is 19.7 Å². The molecule has 0 spiro atoms. The number of carbonyl (C=O) groups excluding carboxylic acids is 1. The van der Waals surface area contributed by atoms with Crippen molar-refractivity contribution in [1.82, 2.24) is 10.2 Å². The molecule has 0 unspecified atom stereocenters. The molecule has 1 aliphatic rings. The molecule has 0 aromatic heterocycles. The predicted octanol–water partition coefficient (Wildman–Crippen LogP) is 2.54. The largest absolute Gasteiger partial charge is 0.495 e. The number of carbonyl (C=O) groups is 1. The van der Waals surface area contributed by atoms with E-state index in [1.165, 1.54) is 24.3 Å². The van der Waals surface area contributed by atoms with Gasteiger partial charge in [0, 0.05) is 32.7 Å². The van der Waals surface area contributed by atoms with E-state index >= 15 is 0 Å². The van der Waals surface area contributed by atoms with E-state index in [0.29, 0.717) is 12.3 Å². The third-order valence-corrected chi connectivity index (χ3v) is 4.96. The zero-order valence-corrected chi connectivity index (χ0v) is 16.8. The van der Waals surface area contributed by atoms with Crippen LogP contribution in [0.25, 0.3) is 0 Å². The molecule has 29 heavy (non-hydrogen) atoms. The molecule has 2 aromatic carbocycles. The number of nitrogens with one attached hydrogen (secondary N) is 1. The first-order valence-corrected chi connectivity index (χ1v) is 9.91. The Balaban J connectivity index is 1.29. The number of piperazine rings is 1. The molecule has 0 bridgehead atoms. The molecule has 0 radical (unpaired) electrons. The van der Waals surface area contributed by atoms with Gasteiger partial charge in [-0.25, -0.2) is 4.39 Å². The molecule has 6 nitrogen and oxygen atoms in total. The summed E-state index contributed by atoms with van der Waals surface area (Å²) in [7, 11) is 1.70. The number of anilines is 1. The van der Waals surface area contributed by atoms with Crippen molar-refractivity contribution in [1.29, 1.82) is 0 Å². The van der Waals surface area contributed by atoms with Crippen LogP contribution in [0.15, 0.2) is 48.5 Å². The van der Waals surface area contributed by atoms with E-state index in [1.807, 2.05) is 18.2 Å². The number of ether oxygens (including phenoxy) is 2. The summed E-state index contributed by atoms with van der Waals surface area (Å²) in [6.45, 7) is 5.37. The highest BCUT2D eigenvalue weighted by atomic mass is 19.1. The molecule has 1 N–H and O–H groups in total. The van der Waals surface area contributed by atoms with E-state index in [-0.39, 0.29) is 18.3 Å². The van der Waals surface area contributed by atoms with Crippen LogP contribution >= 0.6 is 0 Å². The van der Waals surface area contributed by atoms with Crippen LogP contribution in [0.1, 0.15) is 6.42 Å². The molecule has 1 fully saturated rings. The van der Waals surface area contributed by atoms with Gasteiger partial charge >= 0.3 is 0 Å². The van der Waals surface area contributed by atoms with Crippen molar-refractivity contribution in [2.45, 2.75) is 6.42 Å². The normalized spacial score (nSPS) is 14.5. The standard InChI is InChI=1S/C22H28FN3O3/c1-28-21-6-3-2-5-20(21)26-15-13-25(14-16-26)12-4-11-24-22(27)17-29-19-9-7-18(23)8-10-19/h2-3,5-10H,4,11-17H2,1H3,(H,24,27). The second kappa shape index (κ2) is 10.7. The SMILES string of the molecule is COc1ccccc1N1CCN(CCCNC(=O)COc2ccc(F)cc2)CC1. The minimum absolute atomic E-state index is 0.0663. The number of para-hydroxylation sites is 2. The molecular formula is C22H28FN3O3. The molecule has 0 saturated carbocycles. The van der Waals surface area contributed by atoms with Gasteiger partial charge in [-0.1, -0.05) is 12.1 Å². The van der Waals surface area contributed by atoms with Crippen LogP contribution in [0, 0.1) is 5.82 Å². The Morgan fingerprint density at radius 1 is 1.07 bits per heavy atom. The van der Waals surface area contributed by atoms with Gasteiger partial charge in [0.05, 0.1) is 12.8 Å². The van der Waals surface area contributed by atoms with Gasteiger partial charge in [0.2, 0.25) is 0 Å². The first-order valence-electron chi connectivity index (χ1n) is 9.91. The quantitative estimate of drug-likeness (QED) is 0.655. The van der Waals surface area contributed by atoms with Crippen molar-refractivity contribution in [3.05, 3.63) is 54.3 Å². The van der Waals surface area contributed by atoms with E-state index in [2.05, 4.69) is 21.2 Å². The minimum Gasteiger partial charge on any atom is -0.495 e. The van der Waals surface area contributed by atoms with Crippen molar-refractivity contribution >= 4 is 11.6 Å².